The zero-order valence-electron chi connectivity index (χ0n) is 11.8. The Bertz CT molecular complexity index is 763. The van der Waals surface area contributed by atoms with Crippen molar-refractivity contribution in [1.82, 2.24) is 14.8 Å². The van der Waals surface area contributed by atoms with E-state index >= 15 is 0 Å². The van der Waals surface area contributed by atoms with Crippen LogP contribution in [0, 0.1) is 6.92 Å². The molecule has 2 aromatic rings. The maximum Gasteiger partial charge on any atom is 0.409 e. The number of aromatic nitrogens is 3. The summed E-state index contributed by atoms with van der Waals surface area (Å²) in [7, 11) is 1.99. The van der Waals surface area contributed by atoms with E-state index in [1.54, 1.807) is 6.07 Å². The van der Waals surface area contributed by atoms with Crippen molar-refractivity contribution in [2.24, 2.45) is 0 Å². The maximum atomic E-state index is 11.0. The molecule has 1 fully saturated rings. The minimum Gasteiger partial charge on any atom is -0.465 e. The average Bonchev–Trinajstić information content (AvgIpc) is 3.13. The summed E-state index contributed by atoms with van der Waals surface area (Å²) in [5, 5.41) is 16.0. The molecular formula is C14H15N5O2. The fourth-order valence-corrected chi connectivity index (χ4v) is 3.20. The first-order valence-electron chi connectivity index (χ1n) is 6.84. The van der Waals surface area contributed by atoms with Gasteiger partial charge in [-0.2, -0.15) is 5.10 Å². The van der Waals surface area contributed by atoms with Gasteiger partial charge in [-0.3, -0.25) is 5.32 Å². The lowest BCUT2D eigenvalue weighted by atomic mass is 10.1. The molecule has 4 rings (SSSR count). The standard InChI is InChI=1S/C14H15N5O2/c1-8-15-12-14(6-7-14)18(2)11-9(16-13(20)21)4-3-5-10(11)19(12)17-8/h3-5,16H,6-7H2,1-2H3,(H,20,21). The molecule has 0 saturated heterocycles. The van der Waals surface area contributed by atoms with E-state index in [9.17, 15) is 4.79 Å². The Morgan fingerprint density at radius 2 is 2.19 bits per heavy atom. The van der Waals surface area contributed by atoms with Crippen LogP contribution in [0.3, 0.4) is 0 Å². The number of fused-ring (bicyclic) bond motifs is 4. The molecule has 0 unspecified atom stereocenters. The number of carboxylic acid groups (broad SMARTS) is 1. The second-order valence-corrected chi connectivity index (χ2v) is 5.59. The highest BCUT2D eigenvalue weighted by Gasteiger charge is 2.55. The molecule has 2 aliphatic rings. The Balaban J connectivity index is 1.99. The molecule has 7 nitrogen and oxygen atoms in total. The maximum absolute atomic E-state index is 11.0. The first-order chi connectivity index (χ1) is 10.0. The van der Waals surface area contributed by atoms with Crippen LogP contribution in [0.5, 0.6) is 0 Å². The first-order valence-corrected chi connectivity index (χ1v) is 6.84. The van der Waals surface area contributed by atoms with Gasteiger partial charge in [0.1, 0.15) is 11.4 Å². The van der Waals surface area contributed by atoms with Gasteiger partial charge in [0.05, 0.1) is 17.1 Å². The molecule has 1 aromatic heterocycles. The quantitative estimate of drug-likeness (QED) is 0.838. The molecule has 0 bridgehead atoms. The fraction of sp³-hybridized carbons (Fsp3) is 0.357. The van der Waals surface area contributed by atoms with Crippen LogP contribution < -0.4 is 10.2 Å². The Morgan fingerprint density at radius 3 is 2.86 bits per heavy atom. The summed E-state index contributed by atoms with van der Waals surface area (Å²) in [6, 6.07) is 5.53. The third-order valence-electron chi connectivity index (χ3n) is 4.31. The van der Waals surface area contributed by atoms with E-state index in [-0.39, 0.29) is 5.54 Å². The number of para-hydroxylation sites is 1. The molecule has 2 heterocycles. The summed E-state index contributed by atoms with van der Waals surface area (Å²) in [6.45, 7) is 1.88. The first kappa shape index (κ1) is 12.2. The Morgan fingerprint density at radius 1 is 1.43 bits per heavy atom. The monoisotopic (exact) mass is 285 g/mol. The lowest BCUT2D eigenvalue weighted by molar-refractivity contribution is 0.209. The van der Waals surface area contributed by atoms with Crippen LogP contribution in [0.25, 0.3) is 5.69 Å². The number of amides is 1. The number of aryl methyl sites for hydroxylation is 1. The van der Waals surface area contributed by atoms with E-state index in [0.29, 0.717) is 5.69 Å². The molecule has 1 aromatic carbocycles. The highest BCUT2D eigenvalue weighted by Crippen LogP contribution is 2.56. The van der Waals surface area contributed by atoms with E-state index in [0.717, 1.165) is 35.9 Å². The van der Waals surface area contributed by atoms with Gasteiger partial charge >= 0.3 is 6.09 Å². The van der Waals surface area contributed by atoms with Crippen molar-refractivity contribution >= 4 is 17.5 Å². The largest absolute Gasteiger partial charge is 0.465 e. The van der Waals surface area contributed by atoms with E-state index in [4.69, 9.17) is 5.11 Å². The molecule has 21 heavy (non-hydrogen) atoms. The SMILES string of the molecule is Cc1nc2n(n1)-c1cccc(NC(=O)O)c1N(C)C21CC1. The van der Waals surface area contributed by atoms with E-state index in [1.165, 1.54) is 0 Å². The van der Waals surface area contributed by atoms with Crippen molar-refractivity contribution in [3.8, 4) is 5.69 Å². The van der Waals surface area contributed by atoms with Gasteiger partial charge in [-0.25, -0.2) is 14.5 Å². The smallest absolute Gasteiger partial charge is 0.409 e. The van der Waals surface area contributed by atoms with Crippen LogP contribution in [0.1, 0.15) is 24.5 Å². The van der Waals surface area contributed by atoms with Crippen LogP contribution in [-0.4, -0.2) is 33.0 Å². The van der Waals surface area contributed by atoms with E-state index in [1.807, 2.05) is 30.8 Å². The fourth-order valence-electron chi connectivity index (χ4n) is 3.20. The average molecular weight is 285 g/mol. The number of hydrogen-bond donors (Lipinski definition) is 2. The Kier molecular flexibility index (Phi) is 2.18. The van der Waals surface area contributed by atoms with Gasteiger partial charge in [0.2, 0.25) is 0 Å². The normalized spacial score (nSPS) is 17.3. The van der Waals surface area contributed by atoms with Crippen molar-refractivity contribution in [3.05, 3.63) is 29.8 Å². The van der Waals surface area contributed by atoms with Crippen molar-refractivity contribution in [1.29, 1.82) is 0 Å². The van der Waals surface area contributed by atoms with Crippen molar-refractivity contribution in [2.75, 3.05) is 17.3 Å². The van der Waals surface area contributed by atoms with Gasteiger partial charge in [-0.1, -0.05) is 6.07 Å². The topological polar surface area (TPSA) is 83.3 Å². The van der Waals surface area contributed by atoms with Crippen LogP contribution in [0.2, 0.25) is 0 Å². The molecule has 7 heteroatoms. The number of nitrogens with zero attached hydrogens (tertiary/aromatic N) is 4. The summed E-state index contributed by atoms with van der Waals surface area (Å²) in [5.41, 5.74) is 2.14. The van der Waals surface area contributed by atoms with Crippen molar-refractivity contribution < 1.29 is 9.90 Å². The molecule has 108 valence electrons. The lowest BCUT2D eigenvalue weighted by Crippen LogP contribution is -2.39. The van der Waals surface area contributed by atoms with Crippen molar-refractivity contribution in [3.63, 3.8) is 0 Å². The molecular weight excluding hydrogens is 270 g/mol. The van der Waals surface area contributed by atoms with Gasteiger partial charge in [-0.05, 0) is 31.9 Å². The molecule has 1 aliphatic carbocycles. The van der Waals surface area contributed by atoms with Crippen LogP contribution in [0.15, 0.2) is 18.2 Å². The second kappa shape index (κ2) is 3.75. The molecule has 1 spiro atoms. The van der Waals surface area contributed by atoms with Crippen LogP contribution in [-0.2, 0) is 5.54 Å². The second-order valence-electron chi connectivity index (χ2n) is 5.59. The number of benzene rings is 1. The zero-order chi connectivity index (χ0) is 14.8. The minimum atomic E-state index is -1.07. The number of rotatable bonds is 1. The minimum absolute atomic E-state index is 0.148. The van der Waals surface area contributed by atoms with Crippen LogP contribution >= 0.6 is 0 Å². The summed E-state index contributed by atoms with van der Waals surface area (Å²) < 4.78 is 1.85. The summed E-state index contributed by atoms with van der Waals surface area (Å²) in [6.07, 6.45) is 0.938. The van der Waals surface area contributed by atoms with Gasteiger partial charge in [0.25, 0.3) is 0 Å². The molecule has 1 aliphatic heterocycles. The summed E-state index contributed by atoms with van der Waals surface area (Å²) >= 11 is 0. The Hall–Kier alpha value is -2.57. The summed E-state index contributed by atoms with van der Waals surface area (Å²) in [5.74, 6) is 1.68. The highest BCUT2D eigenvalue weighted by molar-refractivity contribution is 5.92. The third-order valence-corrected chi connectivity index (χ3v) is 4.31. The molecule has 2 N–H and O–H groups in total. The molecule has 0 radical (unpaired) electrons. The van der Waals surface area contributed by atoms with E-state index < -0.39 is 6.09 Å². The Labute approximate surface area is 121 Å². The highest BCUT2D eigenvalue weighted by atomic mass is 16.4. The van der Waals surface area contributed by atoms with Gasteiger partial charge in [0.15, 0.2) is 5.82 Å². The number of anilines is 2. The van der Waals surface area contributed by atoms with Gasteiger partial charge < -0.3 is 10.0 Å². The van der Waals surface area contributed by atoms with Gasteiger partial charge in [-0.15, -0.1) is 0 Å². The lowest BCUT2D eigenvalue weighted by Gasteiger charge is -2.36. The predicted octanol–water partition coefficient (Wildman–Crippen LogP) is 2.10. The third kappa shape index (κ3) is 1.51. The number of nitrogens with one attached hydrogen (secondary N) is 1. The molecule has 0 atom stereocenters. The summed E-state index contributed by atoms with van der Waals surface area (Å²) in [4.78, 5) is 17.7. The number of hydrogen-bond acceptors (Lipinski definition) is 4. The van der Waals surface area contributed by atoms with Crippen LogP contribution in [0.4, 0.5) is 16.2 Å². The van der Waals surface area contributed by atoms with Crippen molar-refractivity contribution in [2.45, 2.75) is 25.3 Å². The molecule has 1 amide bonds. The zero-order valence-corrected chi connectivity index (χ0v) is 11.8. The van der Waals surface area contributed by atoms with Gasteiger partial charge in [0, 0.05) is 7.05 Å². The number of carbonyl (C=O) groups is 1. The predicted molar refractivity (Wildman–Crippen MR) is 77.1 cm³/mol. The molecule has 1 saturated carbocycles. The van der Waals surface area contributed by atoms with E-state index in [2.05, 4.69) is 20.3 Å².